The quantitative estimate of drug-likeness (QED) is 0.404. The van der Waals surface area contributed by atoms with Crippen LogP contribution in [0.4, 0.5) is 11.6 Å². The van der Waals surface area contributed by atoms with Crippen LogP contribution in [-0.2, 0) is 24.3 Å². The Kier molecular flexibility index (Phi) is 6.25. The van der Waals surface area contributed by atoms with Gasteiger partial charge in [0.25, 0.3) is 5.91 Å². The Balaban J connectivity index is 1.18. The molecule has 4 heterocycles. The Morgan fingerprint density at radius 2 is 1.87 bits per heavy atom. The van der Waals surface area contributed by atoms with E-state index in [9.17, 15) is 9.59 Å². The predicted octanol–water partition coefficient (Wildman–Crippen LogP) is 4.78. The number of anilines is 2. The van der Waals surface area contributed by atoms with Crippen LogP contribution in [0.25, 0.3) is 11.3 Å². The minimum atomic E-state index is -0.164. The van der Waals surface area contributed by atoms with Crippen molar-refractivity contribution >= 4 is 35.1 Å². The fraction of sp³-hybridized carbons (Fsp3) is 0.207. The summed E-state index contributed by atoms with van der Waals surface area (Å²) >= 11 is 6.46. The first-order valence-electron chi connectivity index (χ1n) is 12.4. The molecule has 38 heavy (non-hydrogen) atoms. The number of benzene rings is 2. The Morgan fingerprint density at radius 3 is 2.71 bits per heavy atom. The Labute approximate surface area is 225 Å². The van der Waals surface area contributed by atoms with Crippen LogP contribution in [0, 0.1) is 6.92 Å². The molecule has 2 aromatic heterocycles. The van der Waals surface area contributed by atoms with Gasteiger partial charge < -0.3 is 15.1 Å². The fourth-order valence-corrected chi connectivity index (χ4v) is 5.19. The number of rotatable bonds is 5. The lowest BCUT2D eigenvalue weighted by atomic mass is 10.00. The van der Waals surface area contributed by atoms with Crippen LogP contribution in [-0.4, -0.2) is 49.7 Å². The minimum absolute atomic E-state index is 0.0400. The van der Waals surface area contributed by atoms with Crippen LogP contribution in [0.1, 0.15) is 32.7 Å². The summed E-state index contributed by atoms with van der Waals surface area (Å²) < 4.78 is 0. The van der Waals surface area contributed by atoms with Gasteiger partial charge in [-0.3, -0.25) is 14.6 Å². The van der Waals surface area contributed by atoms with Crippen molar-refractivity contribution in [1.29, 1.82) is 0 Å². The minimum Gasteiger partial charge on any atom is -0.336 e. The molecule has 4 aromatic rings. The van der Waals surface area contributed by atoms with Gasteiger partial charge >= 0.3 is 0 Å². The van der Waals surface area contributed by atoms with Crippen molar-refractivity contribution in [1.82, 2.24) is 24.8 Å². The number of pyridine rings is 1. The Morgan fingerprint density at radius 1 is 1.03 bits per heavy atom. The van der Waals surface area contributed by atoms with E-state index < -0.39 is 0 Å². The first kappa shape index (κ1) is 24.1. The highest BCUT2D eigenvalue weighted by Gasteiger charge is 2.31. The molecule has 0 bridgehead atoms. The molecule has 2 aliphatic heterocycles. The number of halogens is 1. The van der Waals surface area contributed by atoms with Gasteiger partial charge in [-0.1, -0.05) is 48.0 Å². The van der Waals surface area contributed by atoms with Gasteiger partial charge in [-0.05, 0) is 48.2 Å². The molecule has 1 N–H and O–H groups in total. The topological polar surface area (TPSA) is 91.3 Å². The number of hydrogen-bond donors (Lipinski definition) is 1. The van der Waals surface area contributed by atoms with E-state index in [0.717, 1.165) is 23.4 Å². The van der Waals surface area contributed by atoms with Gasteiger partial charge in [0.2, 0.25) is 11.9 Å². The molecule has 190 valence electrons. The molecule has 0 fully saturated rings. The van der Waals surface area contributed by atoms with Gasteiger partial charge in [0, 0.05) is 48.3 Å². The fourth-order valence-electron chi connectivity index (χ4n) is 4.99. The van der Waals surface area contributed by atoms with E-state index in [0.29, 0.717) is 47.4 Å². The third kappa shape index (κ3) is 4.70. The van der Waals surface area contributed by atoms with Gasteiger partial charge in [0.15, 0.2) is 0 Å². The number of nitrogens with one attached hydrogen (secondary N) is 1. The number of carbonyl (C=O) groups is 2. The zero-order chi connectivity index (χ0) is 26.2. The standard InChI is InChI=1S/C29H25ClN6O2/c1-18-12-23(8-10-31-18)33-29-32-14-25(30)27(34-29)20-6-7-22-16-36(28(38)24(22)13-20)17-26(37)35-11-9-19-4-2-3-5-21(19)15-35/h2-8,10,12-14H,9,11,15-17H2,1H3,(H,31,32,33,34). The Hall–Kier alpha value is -4.30. The molecule has 0 radical (unpaired) electrons. The smallest absolute Gasteiger partial charge is 0.254 e. The van der Waals surface area contributed by atoms with Gasteiger partial charge in [-0.2, -0.15) is 0 Å². The normalized spacial score (nSPS) is 14.3. The maximum absolute atomic E-state index is 13.3. The molecule has 0 atom stereocenters. The number of nitrogens with zero attached hydrogens (tertiary/aromatic N) is 5. The summed E-state index contributed by atoms with van der Waals surface area (Å²) in [6.07, 6.45) is 4.08. The molecule has 9 heteroatoms. The van der Waals surface area contributed by atoms with Crippen LogP contribution >= 0.6 is 11.6 Å². The van der Waals surface area contributed by atoms with Crippen molar-refractivity contribution in [3.8, 4) is 11.3 Å². The lowest BCUT2D eigenvalue weighted by Crippen LogP contribution is -2.42. The average Bonchev–Trinajstić information content (AvgIpc) is 3.23. The van der Waals surface area contributed by atoms with Crippen LogP contribution in [0.2, 0.25) is 5.02 Å². The number of amides is 2. The molecule has 0 saturated carbocycles. The number of hydrogen-bond acceptors (Lipinski definition) is 6. The summed E-state index contributed by atoms with van der Waals surface area (Å²) in [7, 11) is 0. The van der Waals surface area contributed by atoms with Gasteiger partial charge in [-0.15, -0.1) is 0 Å². The zero-order valence-electron chi connectivity index (χ0n) is 20.8. The van der Waals surface area contributed by atoms with E-state index in [-0.39, 0.29) is 18.4 Å². The molecule has 8 nitrogen and oxygen atoms in total. The molecule has 0 unspecified atom stereocenters. The van der Waals surface area contributed by atoms with Crippen molar-refractivity contribution in [2.75, 3.05) is 18.4 Å². The lowest BCUT2D eigenvalue weighted by molar-refractivity contribution is -0.132. The van der Waals surface area contributed by atoms with Crippen molar-refractivity contribution in [2.24, 2.45) is 0 Å². The van der Waals surface area contributed by atoms with E-state index >= 15 is 0 Å². The first-order chi connectivity index (χ1) is 18.4. The molecular weight excluding hydrogens is 500 g/mol. The number of aryl methyl sites for hydroxylation is 1. The summed E-state index contributed by atoms with van der Waals surface area (Å²) in [5, 5.41) is 3.55. The largest absolute Gasteiger partial charge is 0.336 e. The van der Waals surface area contributed by atoms with E-state index in [4.69, 9.17) is 11.6 Å². The summed E-state index contributed by atoms with van der Waals surface area (Å²) in [5.41, 5.74) is 6.81. The average molecular weight is 525 g/mol. The third-order valence-electron chi connectivity index (χ3n) is 6.97. The SMILES string of the molecule is Cc1cc(Nc2ncc(Cl)c(-c3ccc4c(c3)C(=O)N(CC(=O)N3CCc5ccccc5C3)C4)n2)ccn1. The molecule has 2 aliphatic rings. The van der Waals surface area contributed by atoms with Crippen molar-refractivity contribution < 1.29 is 9.59 Å². The Bertz CT molecular complexity index is 1570. The maximum atomic E-state index is 13.3. The van der Waals surface area contributed by atoms with Gasteiger partial charge in [0.05, 0.1) is 16.9 Å². The van der Waals surface area contributed by atoms with Crippen LogP contribution in [0.5, 0.6) is 0 Å². The molecule has 0 saturated heterocycles. The first-order valence-corrected chi connectivity index (χ1v) is 12.8. The summed E-state index contributed by atoms with van der Waals surface area (Å²) in [6.45, 7) is 3.60. The van der Waals surface area contributed by atoms with E-state index in [2.05, 4.69) is 32.4 Å². The highest BCUT2D eigenvalue weighted by Crippen LogP contribution is 2.32. The highest BCUT2D eigenvalue weighted by molar-refractivity contribution is 6.33. The summed E-state index contributed by atoms with van der Waals surface area (Å²) in [4.78, 5) is 42.9. The number of carbonyl (C=O) groups excluding carboxylic acids is 2. The van der Waals surface area contributed by atoms with E-state index in [1.165, 1.54) is 17.3 Å². The number of aromatic nitrogens is 3. The van der Waals surface area contributed by atoms with Crippen molar-refractivity contribution in [2.45, 2.75) is 26.4 Å². The second kappa shape index (κ2) is 9.87. The van der Waals surface area contributed by atoms with Crippen LogP contribution in [0.3, 0.4) is 0 Å². The molecule has 6 rings (SSSR count). The zero-order valence-corrected chi connectivity index (χ0v) is 21.6. The highest BCUT2D eigenvalue weighted by atomic mass is 35.5. The van der Waals surface area contributed by atoms with E-state index in [1.54, 1.807) is 17.2 Å². The molecule has 2 aromatic carbocycles. The molecular formula is C29H25ClN6O2. The second-order valence-electron chi connectivity index (χ2n) is 9.57. The maximum Gasteiger partial charge on any atom is 0.254 e. The molecule has 0 aliphatic carbocycles. The lowest BCUT2D eigenvalue weighted by Gasteiger charge is -2.30. The van der Waals surface area contributed by atoms with Gasteiger partial charge in [0.1, 0.15) is 6.54 Å². The van der Waals surface area contributed by atoms with Crippen LogP contribution in [0.15, 0.2) is 67.0 Å². The van der Waals surface area contributed by atoms with Gasteiger partial charge in [-0.25, -0.2) is 9.97 Å². The second-order valence-corrected chi connectivity index (χ2v) is 9.98. The monoisotopic (exact) mass is 524 g/mol. The van der Waals surface area contributed by atoms with E-state index in [1.807, 2.05) is 48.2 Å². The third-order valence-corrected chi connectivity index (χ3v) is 7.25. The van der Waals surface area contributed by atoms with Crippen molar-refractivity contribution in [3.05, 3.63) is 100.0 Å². The summed E-state index contributed by atoms with van der Waals surface area (Å²) in [6, 6.07) is 17.5. The molecule has 2 amide bonds. The predicted molar refractivity (Wildman–Crippen MR) is 145 cm³/mol. The van der Waals surface area contributed by atoms with Crippen molar-refractivity contribution in [3.63, 3.8) is 0 Å². The summed E-state index contributed by atoms with van der Waals surface area (Å²) in [5.74, 6) is 0.183. The van der Waals surface area contributed by atoms with Crippen LogP contribution < -0.4 is 5.32 Å². The molecule has 0 spiro atoms. The number of fused-ring (bicyclic) bond motifs is 2.